The monoisotopic (exact) mass is 360 g/mol. The Labute approximate surface area is 151 Å². The SMILES string of the molecule is Cc1cc(C)c2c(=O)[nH]c(SCC(=O)N3C[C@@H](C)C[C@H](C)C3)nc2n1. The van der Waals surface area contributed by atoms with E-state index in [1.54, 1.807) is 0 Å². The van der Waals surface area contributed by atoms with Gasteiger partial charge in [0.2, 0.25) is 5.91 Å². The molecule has 0 saturated carbocycles. The third kappa shape index (κ3) is 4.03. The molecule has 134 valence electrons. The summed E-state index contributed by atoms with van der Waals surface area (Å²) in [6.45, 7) is 9.74. The van der Waals surface area contributed by atoms with Gasteiger partial charge in [-0.15, -0.1) is 0 Å². The van der Waals surface area contributed by atoms with Gasteiger partial charge in [-0.2, -0.15) is 0 Å². The van der Waals surface area contributed by atoms with Gasteiger partial charge >= 0.3 is 0 Å². The summed E-state index contributed by atoms with van der Waals surface area (Å²) in [6, 6.07) is 1.87. The van der Waals surface area contributed by atoms with Gasteiger partial charge in [-0.1, -0.05) is 25.6 Å². The third-order valence-electron chi connectivity index (χ3n) is 4.53. The number of hydrogen-bond acceptors (Lipinski definition) is 5. The number of aromatic nitrogens is 3. The zero-order valence-corrected chi connectivity index (χ0v) is 15.9. The molecular weight excluding hydrogens is 336 g/mol. The Morgan fingerprint density at radius 1 is 1.28 bits per heavy atom. The number of likely N-dealkylation sites (tertiary alicyclic amines) is 1. The van der Waals surface area contributed by atoms with E-state index in [1.165, 1.54) is 18.2 Å². The quantitative estimate of drug-likeness (QED) is 0.672. The van der Waals surface area contributed by atoms with E-state index in [0.29, 0.717) is 28.0 Å². The molecule has 0 spiro atoms. The van der Waals surface area contributed by atoms with Crippen LogP contribution in [0.25, 0.3) is 11.0 Å². The van der Waals surface area contributed by atoms with Crippen LogP contribution in [0.5, 0.6) is 0 Å². The summed E-state index contributed by atoms with van der Waals surface area (Å²) in [4.78, 5) is 38.3. The van der Waals surface area contributed by atoms with Crippen molar-refractivity contribution in [3.63, 3.8) is 0 Å². The molecule has 1 N–H and O–H groups in total. The number of piperidine rings is 1. The molecular formula is C18H24N4O2S. The molecule has 0 aliphatic carbocycles. The molecule has 7 heteroatoms. The Bertz CT molecular complexity index is 854. The second kappa shape index (κ2) is 7.15. The predicted octanol–water partition coefficient (Wildman–Crippen LogP) is 2.53. The average molecular weight is 360 g/mol. The molecule has 2 aromatic rings. The lowest BCUT2D eigenvalue weighted by atomic mass is 9.92. The first-order chi connectivity index (χ1) is 11.8. The fraction of sp³-hybridized carbons (Fsp3) is 0.556. The molecule has 1 aliphatic rings. The average Bonchev–Trinajstić information content (AvgIpc) is 2.50. The number of thioether (sulfide) groups is 1. The standard InChI is InChI=1S/C18H24N4O2S/c1-10-5-11(2)8-22(7-10)14(23)9-25-18-20-16-15(17(24)21-18)12(3)6-13(4)19-16/h6,10-11H,5,7-9H2,1-4H3,(H,19,20,21,24)/t10-,11-/m0/s1. The third-order valence-corrected chi connectivity index (χ3v) is 5.39. The van der Waals surface area contributed by atoms with Crippen LogP contribution < -0.4 is 5.56 Å². The molecule has 0 bridgehead atoms. The van der Waals surface area contributed by atoms with Gasteiger partial charge in [0.15, 0.2) is 10.8 Å². The highest BCUT2D eigenvalue weighted by Crippen LogP contribution is 2.23. The maximum atomic E-state index is 12.5. The molecule has 1 fully saturated rings. The molecule has 25 heavy (non-hydrogen) atoms. The smallest absolute Gasteiger partial charge is 0.261 e. The van der Waals surface area contributed by atoms with Crippen molar-refractivity contribution in [2.45, 2.75) is 39.3 Å². The summed E-state index contributed by atoms with van der Waals surface area (Å²) in [5, 5.41) is 0.960. The van der Waals surface area contributed by atoms with Crippen molar-refractivity contribution in [3.05, 3.63) is 27.7 Å². The predicted molar refractivity (Wildman–Crippen MR) is 99.9 cm³/mol. The van der Waals surface area contributed by atoms with E-state index >= 15 is 0 Å². The Kier molecular flexibility index (Phi) is 5.13. The van der Waals surface area contributed by atoms with E-state index in [9.17, 15) is 9.59 Å². The molecule has 6 nitrogen and oxygen atoms in total. The van der Waals surface area contributed by atoms with Crippen molar-refractivity contribution in [1.29, 1.82) is 0 Å². The van der Waals surface area contributed by atoms with Crippen LogP contribution in [0.2, 0.25) is 0 Å². The second-order valence-electron chi connectivity index (χ2n) is 7.18. The van der Waals surface area contributed by atoms with Gasteiger partial charge in [0, 0.05) is 18.8 Å². The highest BCUT2D eigenvalue weighted by atomic mass is 32.2. The van der Waals surface area contributed by atoms with Crippen LogP contribution in [0.4, 0.5) is 0 Å². The number of amides is 1. The maximum Gasteiger partial charge on any atom is 0.261 e. The van der Waals surface area contributed by atoms with Crippen molar-refractivity contribution >= 4 is 28.7 Å². The number of carbonyl (C=O) groups is 1. The Morgan fingerprint density at radius 3 is 2.64 bits per heavy atom. The maximum absolute atomic E-state index is 12.5. The van der Waals surface area contributed by atoms with Crippen LogP contribution >= 0.6 is 11.8 Å². The number of H-pyrrole nitrogens is 1. The highest BCUT2D eigenvalue weighted by Gasteiger charge is 2.25. The van der Waals surface area contributed by atoms with E-state index in [1.807, 2.05) is 24.8 Å². The number of carbonyl (C=O) groups excluding carboxylic acids is 1. The fourth-order valence-electron chi connectivity index (χ4n) is 3.62. The number of pyridine rings is 1. The number of hydrogen-bond donors (Lipinski definition) is 1. The van der Waals surface area contributed by atoms with Crippen molar-refractivity contribution in [2.24, 2.45) is 11.8 Å². The topological polar surface area (TPSA) is 79.0 Å². The van der Waals surface area contributed by atoms with Crippen LogP contribution in [-0.4, -0.2) is 44.6 Å². The van der Waals surface area contributed by atoms with Crippen LogP contribution in [0.3, 0.4) is 0 Å². The normalized spacial score (nSPS) is 20.9. The highest BCUT2D eigenvalue weighted by molar-refractivity contribution is 7.99. The van der Waals surface area contributed by atoms with E-state index in [2.05, 4.69) is 28.8 Å². The molecule has 3 rings (SSSR count). The molecule has 2 aromatic heterocycles. The number of fused-ring (bicyclic) bond motifs is 1. The zero-order chi connectivity index (χ0) is 18.1. The van der Waals surface area contributed by atoms with Gasteiger partial charge in [-0.25, -0.2) is 9.97 Å². The van der Waals surface area contributed by atoms with Gasteiger partial charge < -0.3 is 9.88 Å². The molecule has 2 atom stereocenters. The zero-order valence-electron chi connectivity index (χ0n) is 15.1. The summed E-state index contributed by atoms with van der Waals surface area (Å²) in [7, 11) is 0. The van der Waals surface area contributed by atoms with Crippen molar-refractivity contribution < 1.29 is 4.79 Å². The molecule has 1 amide bonds. The van der Waals surface area contributed by atoms with Crippen molar-refractivity contribution in [2.75, 3.05) is 18.8 Å². The molecule has 3 heterocycles. The van der Waals surface area contributed by atoms with Gasteiger partial charge in [-0.3, -0.25) is 9.59 Å². The van der Waals surface area contributed by atoms with Crippen LogP contribution in [0.1, 0.15) is 31.5 Å². The van der Waals surface area contributed by atoms with E-state index in [4.69, 9.17) is 0 Å². The van der Waals surface area contributed by atoms with Gasteiger partial charge in [-0.05, 0) is 43.7 Å². The molecule has 1 saturated heterocycles. The molecule has 0 radical (unpaired) electrons. The Balaban J connectivity index is 1.75. The van der Waals surface area contributed by atoms with Crippen LogP contribution in [0, 0.1) is 25.7 Å². The number of rotatable bonds is 3. The van der Waals surface area contributed by atoms with E-state index in [0.717, 1.165) is 24.3 Å². The van der Waals surface area contributed by atoms with E-state index in [-0.39, 0.29) is 17.2 Å². The first kappa shape index (κ1) is 17.9. The molecule has 0 aromatic carbocycles. The minimum Gasteiger partial charge on any atom is -0.341 e. The Morgan fingerprint density at radius 2 is 1.96 bits per heavy atom. The first-order valence-electron chi connectivity index (χ1n) is 8.62. The van der Waals surface area contributed by atoms with Gasteiger partial charge in [0.25, 0.3) is 5.56 Å². The number of nitrogens with one attached hydrogen (secondary N) is 1. The summed E-state index contributed by atoms with van der Waals surface area (Å²) < 4.78 is 0. The summed E-state index contributed by atoms with van der Waals surface area (Å²) in [5.41, 5.74) is 1.92. The Hall–Kier alpha value is -1.89. The van der Waals surface area contributed by atoms with Gasteiger partial charge in [0.1, 0.15) is 0 Å². The van der Waals surface area contributed by atoms with Crippen molar-refractivity contribution in [1.82, 2.24) is 19.9 Å². The van der Waals surface area contributed by atoms with Gasteiger partial charge in [0.05, 0.1) is 11.1 Å². The summed E-state index contributed by atoms with van der Waals surface area (Å²) in [5.74, 6) is 1.44. The summed E-state index contributed by atoms with van der Waals surface area (Å²) >= 11 is 1.27. The first-order valence-corrected chi connectivity index (χ1v) is 9.61. The molecule has 1 aliphatic heterocycles. The summed E-state index contributed by atoms with van der Waals surface area (Å²) in [6.07, 6.45) is 1.17. The minimum absolute atomic E-state index is 0.0968. The number of nitrogens with zero attached hydrogens (tertiary/aromatic N) is 3. The number of aromatic amines is 1. The lowest BCUT2D eigenvalue weighted by Crippen LogP contribution is -2.43. The minimum atomic E-state index is -0.204. The van der Waals surface area contributed by atoms with E-state index < -0.39 is 0 Å². The lowest BCUT2D eigenvalue weighted by molar-refractivity contribution is -0.130. The van der Waals surface area contributed by atoms with Crippen LogP contribution in [0.15, 0.2) is 16.0 Å². The number of aryl methyl sites for hydroxylation is 2. The van der Waals surface area contributed by atoms with Crippen molar-refractivity contribution in [3.8, 4) is 0 Å². The van der Waals surface area contributed by atoms with Crippen LogP contribution in [-0.2, 0) is 4.79 Å². The second-order valence-corrected chi connectivity index (χ2v) is 8.15. The largest absolute Gasteiger partial charge is 0.341 e. The molecule has 0 unspecified atom stereocenters. The lowest BCUT2D eigenvalue weighted by Gasteiger charge is -2.34. The fourth-order valence-corrected chi connectivity index (χ4v) is 4.38.